The fourth-order valence-electron chi connectivity index (χ4n) is 3.43. The highest BCUT2D eigenvalue weighted by atomic mass is 35.5. The Balaban J connectivity index is 1.90. The molecule has 1 aromatic carbocycles. The molecule has 1 aliphatic rings. The number of benzene rings is 1. The van der Waals surface area contributed by atoms with E-state index >= 15 is 0 Å². The Kier molecular flexibility index (Phi) is 4.45. The van der Waals surface area contributed by atoms with E-state index in [4.69, 9.17) is 11.6 Å². The fraction of sp³-hybridized carbons (Fsp3) is 0.389. The smallest absolute Gasteiger partial charge is 0.253 e. The molecule has 2 aromatic rings. The second-order valence-electron chi connectivity index (χ2n) is 6.95. The first-order valence-corrected chi connectivity index (χ1v) is 10.3. The molecule has 7 heteroatoms. The Morgan fingerprint density at radius 3 is 2.44 bits per heavy atom. The fourth-order valence-corrected chi connectivity index (χ4v) is 5.65. The van der Waals surface area contributed by atoms with Crippen LogP contribution in [0.2, 0.25) is 5.02 Å². The third kappa shape index (κ3) is 3.60. The summed E-state index contributed by atoms with van der Waals surface area (Å²) in [7, 11) is -3.07. The molecule has 3 rings (SSSR count). The Morgan fingerprint density at radius 2 is 1.88 bits per heavy atom. The van der Waals surface area contributed by atoms with E-state index in [1.807, 2.05) is 36.6 Å². The van der Waals surface area contributed by atoms with Crippen LogP contribution in [-0.2, 0) is 9.84 Å². The van der Waals surface area contributed by atoms with Gasteiger partial charge in [-0.1, -0.05) is 11.6 Å². The normalized spacial score (nSPS) is 22.1. The lowest BCUT2D eigenvalue weighted by atomic mass is 10.0. The van der Waals surface area contributed by atoms with Gasteiger partial charge in [0, 0.05) is 22.1 Å². The molecule has 0 saturated carbocycles. The van der Waals surface area contributed by atoms with Crippen molar-refractivity contribution in [3.05, 3.63) is 52.3 Å². The molecule has 0 bridgehead atoms. The van der Waals surface area contributed by atoms with Crippen molar-refractivity contribution in [2.45, 2.75) is 32.7 Å². The van der Waals surface area contributed by atoms with Gasteiger partial charge < -0.3 is 9.88 Å². The number of hydrogen-bond donors (Lipinski definition) is 1. The molecule has 1 saturated heterocycles. The molecule has 1 fully saturated rings. The minimum absolute atomic E-state index is 0.0122. The van der Waals surface area contributed by atoms with E-state index in [1.54, 1.807) is 19.1 Å². The molecule has 2 heterocycles. The standard InChI is InChI=1S/C18H21ClN2O3S/c1-12-10-16(13(2)21(12)15-6-4-14(19)5-7-15)17(22)20-18(3)8-9-25(23,24)11-18/h4-7,10H,8-9,11H2,1-3H3,(H,20,22). The van der Waals surface area contributed by atoms with E-state index in [1.165, 1.54) is 0 Å². The first kappa shape index (κ1) is 18.0. The van der Waals surface area contributed by atoms with Crippen molar-refractivity contribution in [1.82, 2.24) is 9.88 Å². The topological polar surface area (TPSA) is 68.2 Å². The third-order valence-electron chi connectivity index (χ3n) is 4.68. The lowest BCUT2D eigenvalue weighted by Crippen LogP contribution is -2.47. The van der Waals surface area contributed by atoms with Crippen LogP contribution >= 0.6 is 11.6 Å². The van der Waals surface area contributed by atoms with Gasteiger partial charge in [-0.25, -0.2) is 8.42 Å². The minimum Gasteiger partial charge on any atom is -0.346 e. The molecule has 0 aliphatic carbocycles. The third-order valence-corrected chi connectivity index (χ3v) is 6.83. The highest BCUT2D eigenvalue weighted by Crippen LogP contribution is 2.26. The molecule has 0 spiro atoms. The van der Waals surface area contributed by atoms with Crippen LogP contribution in [0, 0.1) is 13.8 Å². The van der Waals surface area contributed by atoms with Crippen molar-refractivity contribution in [1.29, 1.82) is 0 Å². The number of amides is 1. The molecule has 1 aromatic heterocycles. The summed E-state index contributed by atoms with van der Waals surface area (Å²) in [4.78, 5) is 12.7. The van der Waals surface area contributed by atoms with E-state index in [0.717, 1.165) is 17.1 Å². The second-order valence-corrected chi connectivity index (χ2v) is 9.57. The summed E-state index contributed by atoms with van der Waals surface area (Å²) in [6, 6.07) is 9.23. The molecule has 5 nitrogen and oxygen atoms in total. The molecule has 1 unspecified atom stereocenters. The SMILES string of the molecule is Cc1cc(C(=O)NC2(C)CCS(=O)(=O)C2)c(C)n1-c1ccc(Cl)cc1. The number of aryl methyl sites for hydroxylation is 1. The molecular formula is C18H21ClN2O3S. The molecule has 0 radical (unpaired) electrons. The van der Waals surface area contributed by atoms with E-state index in [-0.39, 0.29) is 17.4 Å². The van der Waals surface area contributed by atoms with Crippen molar-refractivity contribution >= 4 is 27.3 Å². The zero-order valence-corrected chi connectivity index (χ0v) is 16.0. The van der Waals surface area contributed by atoms with Gasteiger partial charge in [-0.05, 0) is 57.5 Å². The Hall–Kier alpha value is -1.79. The average molecular weight is 381 g/mol. The molecule has 25 heavy (non-hydrogen) atoms. The van der Waals surface area contributed by atoms with E-state index < -0.39 is 15.4 Å². The largest absolute Gasteiger partial charge is 0.346 e. The molecule has 1 N–H and O–H groups in total. The van der Waals surface area contributed by atoms with Gasteiger partial charge in [0.2, 0.25) is 0 Å². The summed E-state index contributed by atoms with van der Waals surface area (Å²) >= 11 is 5.95. The molecule has 1 aliphatic heterocycles. The maximum atomic E-state index is 12.7. The molecule has 134 valence electrons. The van der Waals surface area contributed by atoms with Gasteiger partial charge >= 0.3 is 0 Å². The Bertz CT molecular complexity index is 932. The van der Waals surface area contributed by atoms with Gasteiger partial charge in [-0.2, -0.15) is 0 Å². The van der Waals surface area contributed by atoms with Crippen molar-refractivity contribution < 1.29 is 13.2 Å². The predicted octanol–water partition coefficient (Wildman–Crippen LogP) is 3.05. The van der Waals surface area contributed by atoms with E-state index in [9.17, 15) is 13.2 Å². The predicted molar refractivity (Wildman–Crippen MR) is 99.4 cm³/mol. The summed E-state index contributed by atoms with van der Waals surface area (Å²) in [5, 5.41) is 3.57. The first-order chi connectivity index (χ1) is 11.6. The van der Waals surface area contributed by atoms with Gasteiger partial charge in [0.1, 0.15) is 0 Å². The van der Waals surface area contributed by atoms with Crippen LogP contribution in [0.4, 0.5) is 0 Å². The Morgan fingerprint density at radius 1 is 1.24 bits per heavy atom. The summed E-state index contributed by atoms with van der Waals surface area (Å²) < 4.78 is 25.5. The van der Waals surface area contributed by atoms with Crippen molar-refractivity contribution in [3.8, 4) is 5.69 Å². The lowest BCUT2D eigenvalue weighted by Gasteiger charge is -2.23. The van der Waals surface area contributed by atoms with Crippen LogP contribution in [0.5, 0.6) is 0 Å². The van der Waals surface area contributed by atoms with Crippen LogP contribution < -0.4 is 5.32 Å². The highest BCUT2D eigenvalue weighted by molar-refractivity contribution is 7.91. The number of aromatic nitrogens is 1. The summed E-state index contributed by atoms with van der Waals surface area (Å²) in [5.41, 5.74) is 2.50. The number of nitrogens with one attached hydrogen (secondary N) is 1. The monoisotopic (exact) mass is 380 g/mol. The number of sulfone groups is 1. The van der Waals surface area contributed by atoms with Crippen molar-refractivity contribution in [2.24, 2.45) is 0 Å². The highest BCUT2D eigenvalue weighted by Gasteiger charge is 2.39. The van der Waals surface area contributed by atoms with E-state index in [0.29, 0.717) is 17.0 Å². The van der Waals surface area contributed by atoms with Crippen molar-refractivity contribution in [3.63, 3.8) is 0 Å². The van der Waals surface area contributed by atoms with Gasteiger partial charge in [-0.3, -0.25) is 4.79 Å². The molecular weight excluding hydrogens is 360 g/mol. The maximum absolute atomic E-state index is 12.7. The van der Waals surface area contributed by atoms with Crippen LogP contribution in [-0.4, -0.2) is 35.9 Å². The van der Waals surface area contributed by atoms with Gasteiger partial charge in [0.15, 0.2) is 9.84 Å². The zero-order valence-electron chi connectivity index (χ0n) is 14.5. The van der Waals surface area contributed by atoms with Crippen LogP contribution in [0.15, 0.2) is 30.3 Å². The van der Waals surface area contributed by atoms with Gasteiger partial charge in [0.05, 0.1) is 22.6 Å². The number of carbonyl (C=O) groups is 1. The zero-order chi connectivity index (χ0) is 18.4. The number of nitrogens with zero attached hydrogens (tertiary/aromatic N) is 1. The molecule has 1 amide bonds. The average Bonchev–Trinajstić information content (AvgIpc) is 2.96. The number of rotatable bonds is 3. The van der Waals surface area contributed by atoms with Gasteiger partial charge in [-0.15, -0.1) is 0 Å². The molecule has 1 atom stereocenters. The van der Waals surface area contributed by atoms with Crippen LogP contribution in [0.25, 0.3) is 5.69 Å². The van der Waals surface area contributed by atoms with E-state index in [2.05, 4.69) is 5.32 Å². The second kappa shape index (κ2) is 6.18. The first-order valence-electron chi connectivity index (χ1n) is 8.08. The van der Waals surface area contributed by atoms with Crippen LogP contribution in [0.3, 0.4) is 0 Å². The quantitative estimate of drug-likeness (QED) is 0.889. The summed E-state index contributed by atoms with van der Waals surface area (Å²) in [6.07, 6.45) is 0.441. The lowest BCUT2D eigenvalue weighted by molar-refractivity contribution is 0.0915. The summed E-state index contributed by atoms with van der Waals surface area (Å²) in [5.74, 6) is -0.136. The summed E-state index contributed by atoms with van der Waals surface area (Å²) in [6.45, 7) is 5.60. The van der Waals surface area contributed by atoms with Crippen LogP contribution in [0.1, 0.15) is 35.1 Å². The number of halogens is 1. The van der Waals surface area contributed by atoms with Crippen molar-refractivity contribution in [2.75, 3.05) is 11.5 Å². The van der Waals surface area contributed by atoms with Gasteiger partial charge in [0.25, 0.3) is 5.91 Å². The maximum Gasteiger partial charge on any atom is 0.253 e. The number of hydrogen-bond acceptors (Lipinski definition) is 3. The number of carbonyl (C=O) groups excluding carboxylic acids is 1. The Labute approximate surface area is 152 Å². The minimum atomic E-state index is -3.07.